The molecule has 244 valence electrons. The Balaban J connectivity index is 1.79. The number of ether oxygens (including phenoxy) is 1. The van der Waals surface area contributed by atoms with Crippen LogP contribution in [0.5, 0.6) is 0 Å². The average Bonchev–Trinajstić information content (AvgIpc) is 3.39. The van der Waals surface area contributed by atoms with Gasteiger partial charge in [-0.05, 0) is 63.6 Å². The molecule has 0 bridgehead atoms. The predicted molar refractivity (Wildman–Crippen MR) is 172 cm³/mol. The molecule has 0 saturated heterocycles. The van der Waals surface area contributed by atoms with Crippen LogP contribution in [0.1, 0.15) is 37.9 Å². The van der Waals surface area contributed by atoms with Gasteiger partial charge in [-0.3, -0.25) is 19.4 Å². The number of likely N-dealkylation sites (N-methyl/N-ethyl adjacent to an activating group) is 3. The predicted octanol–water partition coefficient (Wildman–Crippen LogP) is 3.47. The van der Waals surface area contributed by atoms with Crippen molar-refractivity contribution in [2.24, 2.45) is 5.92 Å². The summed E-state index contributed by atoms with van der Waals surface area (Å²) < 4.78 is 21.5. The Morgan fingerprint density at radius 1 is 1.16 bits per heavy atom. The van der Waals surface area contributed by atoms with Gasteiger partial charge in [0.2, 0.25) is 5.91 Å². The Labute approximate surface area is 262 Å². The summed E-state index contributed by atoms with van der Waals surface area (Å²) in [5, 5.41) is 2.62. The van der Waals surface area contributed by atoms with Crippen molar-refractivity contribution in [2.75, 3.05) is 53.6 Å². The molecule has 12 nitrogen and oxygen atoms in total. The van der Waals surface area contributed by atoms with E-state index in [0.29, 0.717) is 41.8 Å². The van der Waals surface area contributed by atoms with Gasteiger partial charge in [-0.2, -0.15) is 0 Å². The van der Waals surface area contributed by atoms with Crippen LogP contribution in [0.25, 0.3) is 11.0 Å². The molecular formula is C32H44FN7O5. The maximum atomic E-state index is 14.5. The average molecular weight is 626 g/mol. The lowest BCUT2D eigenvalue weighted by Crippen LogP contribution is -2.40. The summed E-state index contributed by atoms with van der Waals surface area (Å²) in [5.41, 5.74) is 1.91. The molecule has 0 aromatic carbocycles. The number of aromatic nitrogens is 3. The number of hydrogen-bond acceptors (Lipinski definition) is 7. The van der Waals surface area contributed by atoms with Gasteiger partial charge in [0, 0.05) is 51.7 Å². The summed E-state index contributed by atoms with van der Waals surface area (Å²) in [4.78, 5) is 63.5. The Bertz CT molecular complexity index is 1580. The zero-order valence-corrected chi connectivity index (χ0v) is 27.1. The number of amides is 3. The van der Waals surface area contributed by atoms with Crippen LogP contribution in [-0.4, -0.2) is 102 Å². The van der Waals surface area contributed by atoms with Crippen molar-refractivity contribution >= 4 is 34.6 Å². The van der Waals surface area contributed by atoms with E-state index in [1.165, 1.54) is 32.7 Å². The van der Waals surface area contributed by atoms with Gasteiger partial charge in [0.15, 0.2) is 6.10 Å². The fourth-order valence-corrected chi connectivity index (χ4v) is 4.48. The highest BCUT2D eigenvalue weighted by Gasteiger charge is 2.25. The monoisotopic (exact) mass is 625 g/mol. The molecule has 45 heavy (non-hydrogen) atoms. The molecule has 3 heterocycles. The first kappa shape index (κ1) is 35.0. The topological polar surface area (TPSA) is 133 Å². The van der Waals surface area contributed by atoms with Crippen molar-refractivity contribution in [2.45, 2.75) is 45.8 Å². The van der Waals surface area contributed by atoms with Gasteiger partial charge in [0.1, 0.15) is 11.5 Å². The standard InChI is InChI=1S/C32H44FN7O5/c1-21(2)17-23-24(33)19-34-26-18-22(35-29(23)26)20-40-14-10-11-25(31(40)43)36-30(42)27(12-8-9-13-28(41)38(5)6)45-32(44)39(7)16-15-37(3)4/h9-11,13-14,18-19,21,27,35H,8,12,15-17,20H2,1-7H3,(H,36,42)/b13-9+/t27-/m0/s1. The number of nitrogens with zero attached hydrogens (tertiary/aromatic N) is 5. The van der Waals surface area contributed by atoms with Crippen LogP contribution >= 0.6 is 0 Å². The maximum absolute atomic E-state index is 14.5. The van der Waals surface area contributed by atoms with E-state index < -0.39 is 23.7 Å². The normalized spacial score (nSPS) is 12.2. The number of H-pyrrole nitrogens is 1. The molecule has 0 aliphatic heterocycles. The number of rotatable bonds is 14. The second-order valence-corrected chi connectivity index (χ2v) is 11.9. The van der Waals surface area contributed by atoms with Crippen molar-refractivity contribution in [3.8, 4) is 0 Å². The van der Waals surface area contributed by atoms with Crippen molar-refractivity contribution < 1.29 is 23.5 Å². The Morgan fingerprint density at radius 2 is 1.89 bits per heavy atom. The molecule has 0 aliphatic carbocycles. The van der Waals surface area contributed by atoms with Crippen LogP contribution in [0.2, 0.25) is 0 Å². The summed E-state index contributed by atoms with van der Waals surface area (Å²) in [7, 11) is 8.58. The number of fused-ring (bicyclic) bond motifs is 1. The second kappa shape index (κ2) is 16.0. The zero-order chi connectivity index (χ0) is 33.3. The van der Waals surface area contributed by atoms with Gasteiger partial charge in [0.05, 0.1) is 23.8 Å². The van der Waals surface area contributed by atoms with Crippen LogP contribution in [0, 0.1) is 11.7 Å². The number of hydrogen-bond donors (Lipinski definition) is 2. The summed E-state index contributed by atoms with van der Waals surface area (Å²) in [6.45, 7) is 5.12. The molecule has 0 radical (unpaired) electrons. The van der Waals surface area contributed by atoms with E-state index in [1.54, 1.807) is 45.5 Å². The molecule has 1 atom stereocenters. The van der Waals surface area contributed by atoms with Gasteiger partial charge < -0.3 is 34.3 Å². The number of anilines is 1. The molecule has 13 heteroatoms. The third kappa shape index (κ3) is 10.00. The Morgan fingerprint density at radius 3 is 2.56 bits per heavy atom. The van der Waals surface area contributed by atoms with E-state index in [-0.39, 0.29) is 42.7 Å². The number of carbonyl (C=O) groups is 3. The third-order valence-corrected chi connectivity index (χ3v) is 7.02. The van der Waals surface area contributed by atoms with E-state index in [1.807, 2.05) is 32.8 Å². The molecule has 0 fully saturated rings. The van der Waals surface area contributed by atoms with E-state index in [9.17, 15) is 23.6 Å². The number of allylic oxidation sites excluding steroid dienone is 1. The van der Waals surface area contributed by atoms with Crippen molar-refractivity contribution in [3.63, 3.8) is 0 Å². The number of pyridine rings is 2. The lowest BCUT2D eigenvalue weighted by atomic mass is 10.0. The molecule has 3 aromatic rings. The highest BCUT2D eigenvalue weighted by Crippen LogP contribution is 2.23. The third-order valence-electron chi connectivity index (χ3n) is 7.02. The molecule has 3 aromatic heterocycles. The lowest BCUT2D eigenvalue weighted by Gasteiger charge is -2.23. The quantitative estimate of drug-likeness (QED) is 0.262. The molecular weight excluding hydrogens is 581 g/mol. The highest BCUT2D eigenvalue weighted by atomic mass is 19.1. The molecule has 0 unspecified atom stereocenters. The number of aromatic amines is 1. The minimum Gasteiger partial charge on any atom is -0.436 e. The van der Waals surface area contributed by atoms with Gasteiger partial charge >= 0.3 is 6.09 Å². The lowest BCUT2D eigenvalue weighted by molar-refractivity contribution is -0.125. The Hall–Kier alpha value is -4.52. The molecule has 3 amide bonds. The summed E-state index contributed by atoms with van der Waals surface area (Å²) in [6, 6.07) is 4.86. The number of nitrogens with one attached hydrogen (secondary N) is 2. The SMILES string of the molecule is CC(C)Cc1c(F)cnc2cc(Cn3cccc(NC(=O)[C@H](CC/C=C/C(=O)N(C)C)OC(=O)N(C)CCN(C)C)c3=O)[nH]c12. The Kier molecular flexibility index (Phi) is 12.4. The van der Waals surface area contributed by atoms with Crippen molar-refractivity contribution in [1.82, 2.24) is 29.2 Å². The summed E-state index contributed by atoms with van der Waals surface area (Å²) in [6.07, 6.45) is 4.77. The zero-order valence-electron chi connectivity index (χ0n) is 27.1. The number of halogens is 1. The molecule has 2 N–H and O–H groups in total. The van der Waals surface area contributed by atoms with Crippen LogP contribution in [0.3, 0.4) is 0 Å². The maximum Gasteiger partial charge on any atom is 0.410 e. The molecule has 0 aliphatic rings. The second-order valence-electron chi connectivity index (χ2n) is 11.9. The van der Waals surface area contributed by atoms with Crippen LogP contribution in [-0.2, 0) is 27.3 Å². The fraction of sp³-hybridized carbons (Fsp3) is 0.469. The first-order valence-electron chi connectivity index (χ1n) is 14.9. The molecule has 0 spiro atoms. The van der Waals surface area contributed by atoms with E-state index >= 15 is 0 Å². The van der Waals surface area contributed by atoms with E-state index in [4.69, 9.17) is 4.74 Å². The van der Waals surface area contributed by atoms with Gasteiger partial charge in [0.25, 0.3) is 11.5 Å². The van der Waals surface area contributed by atoms with E-state index in [0.717, 1.165) is 0 Å². The van der Waals surface area contributed by atoms with Crippen molar-refractivity contribution in [1.29, 1.82) is 0 Å². The highest BCUT2D eigenvalue weighted by molar-refractivity contribution is 5.95. The molecule has 0 saturated carbocycles. The summed E-state index contributed by atoms with van der Waals surface area (Å²) in [5.74, 6) is -1.04. The van der Waals surface area contributed by atoms with Crippen LogP contribution in [0.4, 0.5) is 14.9 Å². The summed E-state index contributed by atoms with van der Waals surface area (Å²) >= 11 is 0. The van der Waals surface area contributed by atoms with Crippen LogP contribution < -0.4 is 10.9 Å². The number of carbonyl (C=O) groups excluding carboxylic acids is 3. The minimum atomic E-state index is -1.22. The first-order valence-corrected chi connectivity index (χ1v) is 14.9. The van der Waals surface area contributed by atoms with Crippen LogP contribution in [0.15, 0.2) is 47.5 Å². The van der Waals surface area contributed by atoms with Crippen molar-refractivity contribution in [3.05, 3.63) is 70.2 Å². The van der Waals surface area contributed by atoms with E-state index in [2.05, 4.69) is 15.3 Å². The van der Waals surface area contributed by atoms with Gasteiger partial charge in [-0.1, -0.05) is 19.9 Å². The first-order chi connectivity index (χ1) is 21.3. The fourth-order valence-electron chi connectivity index (χ4n) is 4.48. The smallest absolute Gasteiger partial charge is 0.410 e. The largest absolute Gasteiger partial charge is 0.436 e. The molecule has 3 rings (SSSR count). The van der Waals surface area contributed by atoms with Gasteiger partial charge in [-0.25, -0.2) is 9.18 Å². The van der Waals surface area contributed by atoms with Gasteiger partial charge in [-0.15, -0.1) is 0 Å². The minimum absolute atomic E-state index is 0.00335.